The van der Waals surface area contributed by atoms with Gasteiger partial charge in [0.2, 0.25) is 11.0 Å². The second-order valence-corrected chi connectivity index (χ2v) is 4.62. The number of nitrogens with one attached hydrogen (secondary N) is 1. The van der Waals surface area contributed by atoms with Crippen molar-refractivity contribution in [3.63, 3.8) is 0 Å². The van der Waals surface area contributed by atoms with Gasteiger partial charge in [0, 0.05) is 0 Å². The first-order chi connectivity index (χ1) is 10.0. The van der Waals surface area contributed by atoms with Crippen LogP contribution in [0.3, 0.4) is 0 Å². The Morgan fingerprint density at radius 3 is 2.57 bits per heavy atom. The van der Waals surface area contributed by atoms with Crippen molar-refractivity contribution in [1.29, 1.82) is 0 Å². The maximum atomic E-state index is 11.0. The summed E-state index contributed by atoms with van der Waals surface area (Å²) in [5, 5.41) is 13.8. The van der Waals surface area contributed by atoms with Gasteiger partial charge in [0.05, 0.1) is 18.1 Å². The van der Waals surface area contributed by atoms with Crippen LogP contribution < -0.4 is 10.1 Å². The summed E-state index contributed by atoms with van der Waals surface area (Å²) in [7, 11) is 1.59. The van der Waals surface area contributed by atoms with E-state index in [2.05, 4.69) is 15.3 Å². The van der Waals surface area contributed by atoms with Gasteiger partial charge in [-0.25, -0.2) is 9.97 Å². The van der Waals surface area contributed by atoms with E-state index in [1.807, 2.05) is 31.2 Å². The van der Waals surface area contributed by atoms with E-state index in [1.165, 1.54) is 6.33 Å². The molecule has 21 heavy (non-hydrogen) atoms. The molecular formula is C13H13ClN4O3. The van der Waals surface area contributed by atoms with Crippen molar-refractivity contribution in [3.8, 4) is 5.75 Å². The third-order valence-corrected chi connectivity index (χ3v) is 3.21. The van der Waals surface area contributed by atoms with Crippen molar-refractivity contribution < 1.29 is 9.66 Å². The molecule has 0 bridgehead atoms. The molecule has 1 aromatic heterocycles. The fourth-order valence-electron chi connectivity index (χ4n) is 1.81. The summed E-state index contributed by atoms with van der Waals surface area (Å²) >= 11 is 5.74. The quantitative estimate of drug-likeness (QED) is 0.518. The standard InChI is InChI=1S/C13H13ClN4O3/c1-8(9-3-5-10(21-2)6-4-9)17-13-11(18(19)20)12(14)15-7-16-13/h3-8H,1-2H3,(H,15,16,17). The molecule has 2 rings (SSSR count). The number of rotatable bonds is 5. The van der Waals surface area contributed by atoms with Crippen molar-refractivity contribution in [3.05, 3.63) is 51.4 Å². The number of nitrogens with zero attached hydrogens (tertiary/aromatic N) is 3. The van der Waals surface area contributed by atoms with Crippen LogP contribution in [0.2, 0.25) is 5.15 Å². The topological polar surface area (TPSA) is 90.2 Å². The molecule has 1 N–H and O–H groups in total. The summed E-state index contributed by atoms with van der Waals surface area (Å²) in [6.07, 6.45) is 1.18. The molecular weight excluding hydrogens is 296 g/mol. The average Bonchev–Trinajstić information content (AvgIpc) is 2.47. The number of aromatic nitrogens is 2. The molecule has 110 valence electrons. The largest absolute Gasteiger partial charge is 0.497 e. The van der Waals surface area contributed by atoms with Crippen LogP contribution in [0.4, 0.5) is 11.5 Å². The van der Waals surface area contributed by atoms with E-state index in [1.54, 1.807) is 7.11 Å². The highest BCUT2D eigenvalue weighted by Gasteiger charge is 2.22. The second-order valence-electron chi connectivity index (χ2n) is 4.26. The molecule has 0 aliphatic carbocycles. The SMILES string of the molecule is COc1ccc(C(C)Nc2ncnc(Cl)c2[N+](=O)[O-])cc1. The molecule has 1 atom stereocenters. The van der Waals surface area contributed by atoms with Crippen LogP contribution in [-0.2, 0) is 0 Å². The van der Waals surface area contributed by atoms with Gasteiger partial charge in [-0.1, -0.05) is 23.7 Å². The van der Waals surface area contributed by atoms with Crippen LogP contribution in [0.5, 0.6) is 5.75 Å². The Morgan fingerprint density at radius 2 is 2.00 bits per heavy atom. The molecule has 1 heterocycles. The van der Waals surface area contributed by atoms with E-state index in [-0.39, 0.29) is 22.7 Å². The van der Waals surface area contributed by atoms with Gasteiger partial charge in [-0.05, 0) is 24.6 Å². The lowest BCUT2D eigenvalue weighted by molar-refractivity contribution is -0.384. The Labute approximate surface area is 126 Å². The van der Waals surface area contributed by atoms with Gasteiger partial charge in [0.25, 0.3) is 0 Å². The summed E-state index contributed by atoms with van der Waals surface area (Å²) in [4.78, 5) is 17.9. The number of nitro groups is 1. The predicted molar refractivity (Wildman–Crippen MR) is 78.7 cm³/mol. The third-order valence-electron chi connectivity index (χ3n) is 2.93. The lowest BCUT2D eigenvalue weighted by atomic mass is 10.1. The maximum absolute atomic E-state index is 11.0. The number of ether oxygens (including phenoxy) is 1. The highest BCUT2D eigenvalue weighted by atomic mass is 35.5. The Bertz CT molecular complexity index is 648. The van der Waals surface area contributed by atoms with Gasteiger partial charge in [-0.15, -0.1) is 0 Å². The number of hydrogen-bond donors (Lipinski definition) is 1. The van der Waals surface area contributed by atoms with Crippen LogP contribution in [-0.4, -0.2) is 22.0 Å². The third kappa shape index (κ3) is 3.38. The lowest BCUT2D eigenvalue weighted by Crippen LogP contribution is -2.10. The summed E-state index contributed by atoms with van der Waals surface area (Å²) in [5.74, 6) is 0.824. The molecule has 0 amide bonds. The molecule has 0 saturated carbocycles. The minimum absolute atomic E-state index is 0.0864. The molecule has 0 fully saturated rings. The van der Waals surface area contributed by atoms with E-state index < -0.39 is 4.92 Å². The van der Waals surface area contributed by atoms with Crippen molar-refractivity contribution >= 4 is 23.1 Å². The minimum Gasteiger partial charge on any atom is -0.497 e. The molecule has 8 heteroatoms. The first-order valence-corrected chi connectivity index (χ1v) is 6.46. The number of hydrogen-bond acceptors (Lipinski definition) is 6. The first kappa shape index (κ1) is 15.0. The second kappa shape index (κ2) is 6.36. The van der Waals surface area contributed by atoms with Crippen molar-refractivity contribution in [2.45, 2.75) is 13.0 Å². The summed E-state index contributed by atoms with van der Waals surface area (Å²) in [6, 6.07) is 7.17. The zero-order valence-electron chi connectivity index (χ0n) is 11.4. The van der Waals surface area contributed by atoms with Crippen LogP contribution in [0.1, 0.15) is 18.5 Å². The van der Waals surface area contributed by atoms with Crippen molar-refractivity contribution in [1.82, 2.24) is 9.97 Å². The zero-order chi connectivity index (χ0) is 15.4. The molecule has 7 nitrogen and oxygen atoms in total. The predicted octanol–water partition coefficient (Wildman–Crippen LogP) is 3.22. The Morgan fingerprint density at radius 1 is 1.33 bits per heavy atom. The number of anilines is 1. The van der Waals surface area contributed by atoms with Crippen LogP contribution in [0, 0.1) is 10.1 Å². The highest BCUT2D eigenvalue weighted by molar-refractivity contribution is 6.31. The molecule has 2 aromatic rings. The van der Waals surface area contributed by atoms with E-state index in [0.717, 1.165) is 11.3 Å². The van der Waals surface area contributed by atoms with Gasteiger partial charge in [-0.2, -0.15) is 0 Å². The first-order valence-electron chi connectivity index (χ1n) is 6.08. The monoisotopic (exact) mass is 308 g/mol. The minimum atomic E-state index is -0.606. The fourth-order valence-corrected chi connectivity index (χ4v) is 2.01. The van der Waals surface area contributed by atoms with Crippen LogP contribution >= 0.6 is 11.6 Å². The van der Waals surface area contributed by atoms with E-state index in [0.29, 0.717) is 0 Å². The summed E-state index contributed by atoms with van der Waals surface area (Å²) in [5.41, 5.74) is 0.597. The average molecular weight is 309 g/mol. The summed E-state index contributed by atoms with van der Waals surface area (Å²) in [6.45, 7) is 1.86. The van der Waals surface area contributed by atoms with Crippen LogP contribution in [0.15, 0.2) is 30.6 Å². The van der Waals surface area contributed by atoms with E-state index in [9.17, 15) is 10.1 Å². The molecule has 1 aromatic carbocycles. The zero-order valence-corrected chi connectivity index (χ0v) is 12.2. The van der Waals surface area contributed by atoms with Gasteiger partial charge in [-0.3, -0.25) is 10.1 Å². The molecule has 0 spiro atoms. The van der Waals surface area contributed by atoms with Gasteiger partial charge in [0.15, 0.2) is 0 Å². The number of benzene rings is 1. The molecule has 0 aliphatic rings. The molecule has 0 saturated heterocycles. The molecule has 1 unspecified atom stereocenters. The van der Waals surface area contributed by atoms with Crippen molar-refractivity contribution in [2.24, 2.45) is 0 Å². The number of halogens is 1. The van der Waals surface area contributed by atoms with Crippen molar-refractivity contribution in [2.75, 3.05) is 12.4 Å². The van der Waals surface area contributed by atoms with Gasteiger partial charge in [0.1, 0.15) is 12.1 Å². The van der Waals surface area contributed by atoms with Crippen LogP contribution in [0.25, 0.3) is 0 Å². The fraction of sp³-hybridized carbons (Fsp3) is 0.231. The maximum Gasteiger partial charge on any atom is 0.348 e. The Hall–Kier alpha value is -2.41. The Balaban J connectivity index is 2.24. The van der Waals surface area contributed by atoms with E-state index >= 15 is 0 Å². The normalized spacial score (nSPS) is 11.8. The summed E-state index contributed by atoms with van der Waals surface area (Å²) < 4.78 is 5.09. The molecule has 0 aliphatic heterocycles. The lowest BCUT2D eigenvalue weighted by Gasteiger charge is -2.15. The highest BCUT2D eigenvalue weighted by Crippen LogP contribution is 2.31. The van der Waals surface area contributed by atoms with Gasteiger partial charge < -0.3 is 10.1 Å². The van der Waals surface area contributed by atoms with E-state index in [4.69, 9.17) is 16.3 Å². The van der Waals surface area contributed by atoms with Gasteiger partial charge >= 0.3 is 5.69 Å². The number of methoxy groups -OCH3 is 1. The smallest absolute Gasteiger partial charge is 0.348 e. The Kier molecular flexibility index (Phi) is 4.54. The molecule has 0 radical (unpaired) electrons.